The Morgan fingerprint density at radius 3 is 2.79 bits per heavy atom. The van der Waals surface area contributed by atoms with Crippen molar-refractivity contribution in [3.8, 4) is 0 Å². The molecule has 0 aliphatic heterocycles. The van der Waals surface area contributed by atoms with E-state index in [2.05, 4.69) is 44.0 Å². The van der Waals surface area contributed by atoms with E-state index in [9.17, 15) is 5.11 Å². The highest BCUT2D eigenvalue weighted by Gasteiger charge is 2.25. The lowest BCUT2D eigenvalue weighted by Crippen LogP contribution is -2.27. The topological polar surface area (TPSA) is 33.1 Å². The molecule has 0 aromatic carbocycles. The van der Waals surface area contributed by atoms with Crippen molar-refractivity contribution in [2.45, 2.75) is 52.6 Å². The van der Waals surface area contributed by atoms with Crippen molar-refractivity contribution in [1.82, 2.24) is 4.98 Å². The van der Waals surface area contributed by atoms with Crippen molar-refractivity contribution < 1.29 is 5.11 Å². The Hall–Kier alpha value is -1.15. The first-order valence-electron chi connectivity index (χ1n) is 7.37. The summed E-state index contributed by atoms with van der Waals surface area (Å²) in [6, 6.07) is 4.17. The fraction of sp³-hybridized carbons (Fsp3) is 0.588. The van der Waals surface area contributed by atoms with E-state index in [0.717, 1.165) is 25.0 Å². The second-order valence-corrected chi connectivity index (χ2v) is 5.97. The lowest BCUT2D eigenvalue weighted by atomic mass is 9.79. The van der Waals surface area contributed by atoms with E-state index in [4.69, 9.17) is 0 Å². The molecule has 0 radical (unpaired) electrons. The highest BCUT2D eigenvalue weighted by molar-refractivity contribution is 5.15. The van der Waals surface area contributed by atoms with Crippen molar-refractivity contribution in [2.75, 3.05) is 0 Å². The quantitative estimate of drug-likeness (QED) is 0.839. The zero-order valence-corrected chi connectivity index (χ0v) is 12.3. The smallest absolute Gasteiger partial charge is 0.0627 e. The largest absolute Gasteiger partial charge is 0.392 e. The fourth-order valence-electron chi connectivity index (χ4n) is 3.06. The second kappa shape index (κ2) is 6.33. The number of aliphatic hydroxyl groups excluding tert-OH is 1. The summed E-state index contributed by atoms with van der Waals surface area (Å²) in [5, 5.41) is 10.4. The van der Waals surface area contributed by atoms with Crippen LogP contribution in [0.2, 0.25) is 0 Å². The van der Waals surface area contributed by atoms with Crippen LogP contribution in [0.1, 0.15) is 44.9 Å². The molecule has 0 amide bonds. The monoisotopic (exact) mass is 259 g/mol. The van der Waals surface area contributed by atoms with Crippen LogP contribution in [0, 0.1) is 11.8 Å². The number of nitrogens with zero attached hydrogens (tertiary/aromatic N) is 1. The maximum atomic E-state index is 10.4. The minimum absolute atomic E-state index is 0.272. The minimum atomic E-state index is -0.272. The number of aryl methyl sites for hydroxylation is 1. The molecule has 2 nitrogen and oxygen atoms in total. The Bertz CT molecular complexity index is 435. The van der Waals surface area contributed by atoms with Gasteiger partial charge in [-0.2, -0.15) is 0 Å². The molecule has 1 N–H and O–H groups in total. The Morgan fingerprint density at radius 2 is 2.21 bits per heavy atom. The summed E-state index contributed by atoms with van der Waals surface area (Å²) in [7, 11) is 0. The summed E-state index contributed by atoms with van der Waals surface area (Å²) in [6.45, 7) is 6.53. The summed E-state index contributed by atoms with van der Waals surface area (Å²) in [5.41, 5.74) is 3.67. The van der Waals surface area contributed by atoms with Gasteiger partial charge in [0, 0.05) is 18.3 Å². The van der Waals surface area contributed by atoms with E-state index in [0.29, 0.717) is 18.3 Å². The number of hydrogen-bond acceptors (Lipinski definition) is 2. The van der Waals surface area contributed by atoms with Crippen LogP contribution in [0.5, 0.6) is 0 Å². The molecule has 1 aromatic heterocycles. The molecule has 0 saturated carbocycles. The van der Waals surface area contributed by atoms with Crippen LogP contribution < -0.4 is 0 Å². The average Bonchev–Trinajstić information content (AvgIpc) is 2.38. The predicted octanol–water partition coefficient (Wildman–Crippen LogP) is 3.54. The Morgan fingerprint density at radius 1 is 1.42 bits per heavy atom. The molecule has 1 aromatic rings. The lowest BCUT2D eigenvalue weighted by molar-refractivity contribution is 0.0923. The van der Waals surface area contributed by atoms with Gasteiger partial charge in [0.2, 0.25) is 0 Å². The standard InChI is InChI=1S/C17H25NO/c1-4-14-5-6-16(18-11-14)10-17(19)15-8-12(2)7-13(3)9-15/h5-7,11-12,15,17,19H,4,8-10H2,1-3H3. The molecule has 0 saturated heterocycles. The molecule has 1 heterocycles. The van der Waals surface area contributed by atoms with Gasteiger partial charge in [-0.15, -0.1) is 0 Å². The van der Waals surface area contributed by atoms with Crippen molar-refractivity contribution in [3.63, 3.8) is 0 Å². The molecule has 3 atom stereocenters. The first kappa shape index (κ1) is 14.3. The molecule has 0 spiro atoms. The second-order valence-electron chi connectivity index (χ2n) is 5.97. The van der Waals surface area contributed by atoms with E-state index < -0.39 is 0 Å². The van der Waals surface area contributed by atoms with E-state index in [-0.39, 0.29) is 6.10 Å². The van der Waals surface area contributed by atoms with Crippen LogP contribution in [0.3, 0.4) is 0 Å². The summed E-state index contributed by atoms with van der Waals surface area (Å²) in [4.78, 5) is 4.45. The van der Waals surface area contributed by atoms with Gasteiger partial charge in [0.1, 0.15) is 0 Å². The van der Waals surface area contributed by atoms with Crippen LogP contribution in [0.15, 0.2) is 30.0 Å². The molecule has 3 unspecified atom stereocenters. The van der Waals surface area contributed by atoms with Crippen LogP contribution in [-0.2, 0) is 12.8 Å². The van der Waals surface area contributed by atoms with E-state index in [1.54, 1.807) is 0 Å². The summed E-state index contributed by atoms with van der Waals surface area (Å²) in [6.07, 6.45) is 7.79. The van der Waals surface area contributed by atoms with Gasteiger partial charge in [-0.05, 0) is 49.7 Å². The average molecular weight is 259 g/mol. The predicted molar refractivity (Wildman–Crippen MR) is 79.0 cm³/mol. The zero-order chi connectivity index (χ0) is 13.8. The van der Waals surface area contributed by atoms with Crippen LogP contribution in [0.25, 0.3) is 0 Å². The van der Waals surface area contributed by atoms with Gasteiger partial charge in [0.25, 0.3) is 0 Å². The van der Waals surface area contributed by atoms with Gasteiger partial charge >= 0.3 is 0 Å². The van der Waals surface area contributed by atoms with Gasteiger partial charge in [0.05, 0.1) is 6.10 Å². The third-order valence-corrected chi connectivity index (χ3v) is 4.08. The number of aromatic nitrogens is 1. The first-order chi connectivity index (χ1) is 9.08. The minimum Gasteiger partial charge on any atom is -0.392 e. The van der Waals surface area contributed by atoms with Gasteiger partial charge in [-0.3, -0.25) is 4.98 Å². The maximum Gasteiger partial charge on any atom is 0.0627 e. The molecule has 19 heavy (non-hydrogen) atoms. The Kier molecular flexibility index (Phi) is 4.76. The third-order valence-electron chi connectivity index (χ3n) is 4.08. The summed E-state index contributed by atoms with van der Waals surface area (Å²) >= 11 is 0. The van der Waals surface area contributed by atoms with Crippen molar-refractivity contribution in [1.29, 1.82) is 0 Å². The Balaban J connectivity index is 1.96. The zero-order valence-electron chi connectivity index (χ0n) is 12.3. The number of aliphatic hydroxyl groups is 1. The van der Waals surface area contributed by atoms with Gasteiger partial charge in [-0.25, -0.2) is 0 Å². The molecule has 104 valence electrons. The summed E-state index contributed by atoms with van der Waals surface area (Å²) < 4.78 is 0. The number of hydrogen-bond donors (Lipinski definition) is 1. The molecule has 0 fully saturated rings. The molecular weight excluding hydrogens is 234 g/mol. The fourth-order valence-corrected chi connectivity index (χ4v) is 3.06. The summed E-state index contributed by atoms with van der Waals surface area (Å²) in [5.74, 6) is 0.969. The number of rotatable bonds is 4. The van der Waals surface area contributed by atoms with Gasteiger partial charge < -0.3 is 5.11 Å². The highest BCUT2D eigenvalue weighted by Crippen LogP contribution is 2.31. The number of allylic oxidation sites excluding steroid dienone is 2. The molecule has 2 rings (SSSR count). The highest BCUT2D eigenvalue weighted by atomic mass is 16.3. The lowest BCUT2D eigenvalue weighted by Gasteiger charge is -2.29. The van der Waals surface area contributed by atoms with Crippen LogP contribution in [-0.4, -0.2) is 16.2 Å². The molecule has 1 aliphatic rings. The first-order valence-corrected chi connectivity index (χ1v) is 7.37. The van der Waals surface area contributed by atoms with Gasteiger partial charge in [-0.1, -0.05) is 31.6 Å². The SMILES string of the molecule is CCc1ccc(CC(O)C2CC(C)=CC(C)C2)nc1. The third kappa shape index (κ3) is 3.90. The van der Waals surface area contributed by atoms with Crippen LogP contribution in [0.4, 0.5) is 0 Å². The van der Waals surface area contributed by atoms with E-state index >= 15 is 0 Å². The normalized spacial score (nSPS) is 24.9. The number of pyridine rings is 1. The Labute approximate surface area is 116 Å². The van der Waals surface area contributed by atoms with Crippen molar-refractivity contribution >= 4 is 0 Å². The molecule has 0 bridgehead atoms. The molecule has 2 heteroatoms. The van der Waals surface area contributed by atoms with E-state index in [1.807, 2.05) is 6.20 Å². The van der Waals surface area contributed by atoms with Crippen molar-refractivity contribution in [3.05, 3.63) is 41.2 Å². The van der Waals surface area contributed by atoms with Crippen molar-refractivity contribution in [2.24, 2.45) is 11.8 Å². The van der Waals surface area contributed by atoms with Gasteiger partial charge in [0.15, 0.2) is 0 Å². The maximum absolute atomic E-state index is 10.4. The van der Waals surface area contributed by atoms with Crippen LogP contribution >= 0.6 is 0 Å². The molecular formula is C17H25NO. The van der Waals surface area contributed by atoms with E-state index in [1.165, 1.54) is 11.1 Å². The molecule has 1 aliphatic carbocycles.